The Labute approximate surface area is 98.0 Å². The van der Waals surface area contributed by atoms with Crippen molar-refractivity contribution in [2.24, 2.45) is 5.73 Å². The number of nitrogens with two attached hydrogens (primary N) is 1. The van der Waals surface area contributed by atoms with Crippen LogP contribution in [0.2, 0.25) is 0 Å². The number of hydrogen-bond donors (Lipinski definition) is 1. The smallest absolute Gasteiger partial charge is 0.129 e. The van der Waals surface area contributed by atoms with Crippen molar-refractivity contribution < 1.29 is 0 Å². The van der Waals surface area contributed by atoms with E-state index in [-0.39, 0.29) is 6.04 Å². The molecule has 0 saturated carbocycles. The van der Waals surface area contributed by atoms with Crippen LogP contribution in [0.25, 0.3) is 0 Å². The second kappa shape index (κ2) is 5.66. The Morgan fingerprint density at radius 3 is 2.69 bits per heavy atom. The second-order valence-corrected chi connectivity index (χ2v) is 4.27. The molecule has 3 heteroatoms. The van der Waals surface area contributed by atoms with Crippen molar-refractivity contribution in [1.29, 1.82) is 0 Å². The molecule has 0 unspecified atom stereocenters. The fraction of sp³-hybridized carbons (Fsp3) is 0.462. The lowest BCUT2D eigenvalue weighted by Gasteiger charge is -2.27. The van der Waals surface area contributed by atoms with E-state index in [0.29, 0.717) is 6.04 Å². The molecule has 1 aromatic heterocycles. The summed E-state index contributed by atoms with van der Waals surface area (Å²) in [6.45, 7) is 10.8. The minimum atomic E-state index is 0.0412. The number of rotatable bonds is 5. The van der Waals surface area contributed by atoms with E-state index >= 15 is 0 Å². The highest BCUT2D eigenvalue weighted by molar-refractivity contribution is 5.43. The lowest BCUT2D eigenvalue weighted by molar-refractivity contribution is 0.709. The van der Waals surface area contributed by atoms with Crippen LogP contribution in [-0.2, 0) is 0 Å². The Kier molecular flexibility index (Phi) is 4.50. The molecule has 0 spiro atoms. The summed E-state index contributed by atoms with van der Waals surface area (Å²) in [7, 11) is 0. The van der Waals surface area contributed by atoms with Crippen molar-refractivity contribution in [3.63, 3.8) is 0 Å². The maximum Gasteiger partial charge on any atom is 0.129 e. The summed E-state index contributed by atoms with van der Waals surface area (Å²) in [5.41, 5.74) is 6.98. The van der Waals surface area contributed by atoms with Crippen molar-refractivity contribution in [3.05, 3.63) is 36.5 Å². The van der Waals surface area contributed by atoms with Crippen LogP contribution in [-0.4, -0.2) is 17.6 Å². The number of hydrogen-bond acceptors (Lipinski definition) is 3. The highest BCUT2D eigenvalue weighted by atomic mass is 15.2. The van der Waals surface area contributed by atoms with E-state index in [2.05, 4.69) is 30.3 Å². The third kappa shape index (κ3) is 3.07. The SMILES string of the molecule is C=CCN(c1cc([C@H](C)N)ccn1)C(C)C. The van der Waals surface area contributed by atoms with Gasteiger partial charge in [-0.1, -0.05) is 6.08 Å². The van der Waals surface area contributed by atoms with Gasteiger partial charge in [0.2, 0.25) is 0 Å². The average molecular weight is 219 g/mol. The molecular weight excluding hydrogens is 198 g/mol. The largest absolute Gasteiger partial charge is 0.350 e. The summed E-state index contributed by atoms with van der Waals surface area (Å²) in [5, 5.41) is 0. The maximum absolute atomic E-state index is 5.87. The minimum Gasteiger partial charge on any atom is -0.350 e. The first kappa shape index (κ1) is 12.7. The average Bonchev–Trinajstić information content (AvgIpc) is 2.25. The Morgan fingerprint density at radius 1 is 1.50 bits per heavy atom. The Morgan fingerprint density at radius 2 is 2.19 bits per heavy atom. The topological polar surface area (TPSA) is 42.1 Å². The summed E-state index contributed by atoms with van der Waals surface area (Å²) in [4.78, 5) is 6.58. The van der Waals surface area contributed by atoms with Gasteiger partial charge in [-0.2, -0.15) is 0 Å². The van der Waals surface area contributed by atoms with Crippen molar-refractivity contribution in [2.75, 3.05) is 11.4 Å². The third-order valence-electron chi connectivity index (χ3n) is 2.54. The van der Waals surface area contributed by atoms with Crippen LogP contribution in [0.15, 0.2) is 31.0 Å². The molecule has 0 aliphatic carbocycles. The van der Waals surface area contributed by atoms with Gasteiger partial charge in [0.05, 0.1) is 0 Å². The van der Waals surface area contributed by atoms with Gasteiger partial charge in [-0.3, -0.25) is 0 Å². The molecule has 0 fully saturated rings. The van der Waals surface area contributed by atoms with Crippen LogP contribution >= 0.6 is 0 Å². The molecule has 0 bridgehead atoms. The van der Waals surface area contributed by atoms with Gasteiger partial charge < -0.3 is 10.6 Å². The molecular formula is C13H21N3. The normalized spacial score (nSPS) is 12.6. The molecule has 3 nitrogen and oxygen atoms in total. The van der Waals surface area contributed by atoms with Crippen LogP contribution < -0.4 is 10.6 Å². The third-order valence-corrected chi connectivity index (χ3v) is 2.54. The van der Waals surface area contributed by atoms with Crippen LogP contribution in [0.5, 0.6) is 0 Å². The Hall–Kier alpha value is -1.35. The summed E-state index contributed by atoms with van der Waals surface area (Å²) >= 11 is 0. The van der Waals surface area contributed by atoms with Gasteiger partial charge in [-0.25, -0.2) is 4.98 Å². The lowest BCUT2D eigenvalue weighted by atomic mass is 10.1. The standard InChI is InChI=1S/C13H21N3/c1-5-8-16(10(2)3)13-9-12(11(4)14)6-7-15-13/h5-7,9-11H,1,8,14H2,2-4H3/t11-/m0/s1. The Bertz CT molecular complexity index is 345. The van der Waals surface area contributed by atoms with E-state index in [1.54, 1.807) is 0 Å². The number of aromatic nitrogens is 1. The molecule has 16 heavy (non-hydrogen) atoms. The zero-order valence-corrected chi connectivity index (χ0v) is 10.4. The van der Waals surface area contributed by atoms with Crippen LogP contribution in [0, 0.1) is 0 Å². The fourth-order valence-electron chi connectivity index (χ4n) is 1.58. The lowest BCUT2D eigenvalue weighted by Crippen LogP contribution is -2.31. The van der Waals surface area contributed by atoms with E-state index in [4.69, 9.17) is 5.73 Å². The van der Waals surface area contributed by atoms with Crippen molar-refractivity contribution in [3.8, 4) is 0 Å². The number of nitrogens with zero attached hydrogens (tertiary/aromatic N) is 2. The molecule has 0 amide bonds. The second-order valence-electron chi connectivity index (χ2n) is 4.27. The first-order chi connectivity index (χ1) is 7.56. The molecule has 2 N–H and O–H groups in total. The molecule has 0 radical (unpaired) electrons. The number of pyridine rings is 1. The Balaban J connectivity index is 2.99. The highest BCUT2D eigenvalue weighted by Gasteiger charge is 2.11. The van der Waals surface area contributed by atoms with E-state index in [1.165, 1.54) is 0 Å². The summed E-state index contributed by atoms with van der Waals surface area (Å²) < 4.78 is 0. The molecule has 1 heterocycles. The summed E-state index contributed by atoms with van der Waals surface area (Å²) in [5.74, 6) is 0.963. The van der Waals surface area contributed by atoms with E-state index in [0.717, 1.165) is 17.9 Å². The summed E-state index contributed by atoms with van der Waals surface area (Å²) in [6.07, 6.45) is 3.70. The van der Waals surface area contributed by atoms with Gasteiger partial charge in [0, 0.05) is 24.8 Å². The van der Waals surface area contributed by atoms with Crippen LogP contribution in [0.1, 0.15) is 32.4 Å². The predicted octanol–water partition coefficient (Wildman–Crippen LogP) is 2.50. The van der Waals surface area contributed by atoms with Crippen LogP contribution in [0.3, 0.4) is 0 Å². The zero-order valence-electron chi connectivity index (χ0n) is 10.4. The summed E-state index contributed by atoms with van der Waals surface area (Å²) in [6, 6.07) is 4.45. The quantitative estimate of drug-likeness (QED) is 0.774. The van der Waals surface area contributed by atoms with Crippen molar-refractivity contribution in [2.45, 2.75) is 32.9 Å². The maximum atomic E-state index is 5.87. The molecule has 0 aromatic carbocycles. The first-order valence-corrected chi connectivity index (χ1v) is 5.65. The monoisotopic (exact) mass is 219 g/mol. The van der Waals surface area contributed by atoms with Gasteiger partial charge in [0.1, 0.15) is 5.82 Å². The minimum absolute atomic E-state index is 0.0412. The van der Waals surface area contributed by atoms with Crippen molar-refractivity contribution in [1.82, 2.24) is 4.98 Å². The number of anilines is 1. The molecule has 88 valence electrons. The molecule has 0 aliphatic rings. The first-order valence-electron chi connectivity index (χ1n) is 5.65. The van der Waals surface area contributed by atoms with Crippen molar-refractivity contribution >= 4 is 5.82 Å². The predicted molar refractivity (Wildman–Crippen MR) is 69.5 cm³/mol. The van der Waals surface area contributed by atoms with Gasteiger partial charge >= 0.3 is 0 Å². The highest BCUT2D eigenvalue weighted by Crippen LogP contribution is 2.18. The van der Waals surface area contributed by atoms with Gasteiger partial charge in [0.15, 0.2) is 0 Å². The van der Waals surface area contributed by atoms with Gasteiger partial charge in [-0.15, -0.1) is 6.58 Å². The zero-order chi connectivity index (χ0) is 12.1. The fourth-order valence-corrected chi connectivity index (χ4v) is 1.58. The molecule has 0 saturated heterocycles. The van der Waals surface area contributed by atoms with E-state index in [9.17, 15) is 0 Å². The molecule has 1 rings (SSSR count). The molecule has 0 aliphatic heterocycles. The van der Waals surface area contributed by atoms with Gasteiger partial charge in [-0.05, 0) is 38.5 Å². The van der Waals surface area contributed by atoms with E-state index < -0.39 is 0 Å². The van der Waals surface area contributed by atoms with Gasteiger partial charge in [0.25, 0.3) is 0 Å². The van der Waals surface area contributed by atoms with E-state index in [1.807, 2.05) is 31.3 Å². The molecule has 1 atom stereocenters. The molecule has 1 aromatic rings. The van der Waals surface area contributed by atoms with Crippen LogP contribution in [0.4, 0.5) is 5.82 Å².